The van der Waals surface area contributed by atoms with Crippen LogP contribution in [0.15, 0.2) is 24.3 Å². The topological polar surface area (TPSA) is 111 Å². The van der Waals surface area contributed by atoms with E-state index in [1.54, 1.807) is 0 Å². The molecule has 0 fully saturated rings. The minimum atomic E-state index is -4.41. The highest BCUT2D eigenvalue weighted by Gasteiger charge is 2.30. The third-order valence-corrected chi connectivity index (χ3v) is 10.1. The van der Waals surface area contributed by atoms with Crippen LogP contribution in [0, 0.1) is 0 Å². The van der Waals surface area contributed by atoms with E-state index >= 15 is 0 Å². The lowest BCUT2D eigenvalue weighted by molar-refractivity contribution is -0.557. The summed E-state index contributed by atoms with van der Waals surface area (Å²) in [6.07, 6.45) is 47.1. The molecule has 0 saturated carbocycles. The first-order chi connectivity index (χ1) is 24.8. The monoisotopic (exact) mass is 740 g/mol. The van der Waals surface area contributed by atoms with Crippen LogP contribution in [0.5, 0.6) is 0 Å². The van der Waals surface area contributed by atoms with Gasteiger partial charge in [-0.25, -0.2) is 13.0 Å². The number of hydrogen-bond acceptors (Lipinski definition) is 6. The van der Waals surface area contributed by atoms with Gasteiger partial charge in [-0.05, 0) is 71.1 Å². The van der Waals surface area contributed by atoms with Crippen LogP contribution in [0.4, 0.5) is 0 Å². The Morgan fingerprint density at radius 2 is 1.06 bits per heavy atom. The Labute approximate surface area is 316 Å². The number of hydrogen-bond donors (Lipinski definition) is 2. The van der Waals surface area contributed by atoms with Crippen LogP contribution < -0.4 is 10.6 Å². The molecule has 1 heterocycles. The van der Waals surface area contributed by atoms with Crippen LogP contribution in [-0.2, 0) is 19.4 Å². The molecular formula is C42H81N3O5S. The minimum absolute atomic E-state index is 0.120. The van der Waals surface area contributed by atoms with E-state index in [1.807, 2.05) is 0 Å². The van der Waals surface area contributed by atoms with E-state index in [0.717, 1.165) is 33.0 Å². The third-order valence-electron chi connectivity index (χ3n) is 9.69. The molecule has 8 nitrogen and oxygen atoms in total. The van der Waals surface area contributed by atoms with Gasteiger partial charge in [0, 0.05) is 12.8 Å². The zero-order chi connectivity index (χ0) is 37.7. The van der Waals surface area contributed by atoms with Gasteiger partial charge in [-0.2, -0.15) is 0 Å². The summed E-state index contributed by atoms with van der Waals surface area (Å²) >= 11 is 0. The molecule has 0 spiro atoms. The highest BCUT2D eigenvalue weighted by molar-refractivity contribution is 7.80. The average Bonchev–Trinajstić information content (AvgIpc) is 3.50. The van der Waals surface area contributed by atoms with Crippen molar-refractivity contribution < 1.29 is 26.5 Å². The number of carbonyl (C=O) groups excluding carboxylic acids is 1. The van der Waals surface area contributed by atoms with Crippen molar-refractivity contribution in [1.29, 1.82) is 0 Å². The fourth-order valence-corrected chi connectivity index (χ4v) is 6.54. The smallest absolute Gasteiger partial charge is 0.246 e. The van der Waals surface area contributed by atoms with Crippen LogP contribution in [-0.4, -0.2) is 55.7 Å². The molecule has 0 saturated heterocycles. The first-order valence-electron chi connectivity index (χ1n) is 21.3. The average molecular weight is 740 g/mol. The third kappa shape index (κ3) is 33.8. The van der Waals surface area contributed by atoms with E-state index < -0.39 is 10.4 Å². The molecule has 2 N–H and O–H groups in total. The second-order valence-corrected chi connectivity index (χ2v) is 15.4. The quantitative estimate of drug-likeness (QED) is 0.0223. The van der Waals surface area contributed by atoms with Crippen molar-refractivity contribution >= 4 is 22.1 Å². The predicted molar refractivity (Wildman–Crippen MR) is 216 cm³/mol. The molecule has 1 aliphatic rings. The maximum Gasteiger partial charge on any atom is 0.246 e. The highest BCUT2D eigenvalue weighted by atomic mass is 32.3. The van der Waals surface area contributed by atoms with Gasteiger partial charge in [-0.1, -0.05) is 147 Å². The SMILES string of the molecule is CCCCCCCC/C=C\CCCCCCCCC1=[N+](CC)C(NC(=O)CCCCCCC/C=C\CCCCCCCC)CN1.COS(=O)(=O)[O-]. The second-order valence-electron chi connectivity index (χ2n) is 14.3. The Kier molecular flexibility index (Phi) is 35.4. The second kappa shape index (κ2) is 36.6. The molecule has 0 aromatic rings. The number of rotatable bonds is 34. The van der Waals surface area contributed by atoms with Crippen molar-refractivity contribution in [3.63, 3.8) is 0 Å². The molecule has 300 valence electrons. The van der Waals surface area contributed by atoms with Gasteiger partial charge < -0.3 is 9.87 Å². The Morgan fingerprint density at radius 1 is 0.686 bits per heavy atom. The van der Waals surface area contributed by atoms with E-state index in [-0.39, 0.29) is 12.1 Å². The van der Waals surface area contributed by atoms with Gasteiger partial charge in [-0.3, -0.25) is 14.3 Å². The van der Waals surface area contributed by atoms with Crippen molar-refractivity contribution in [1.82, 2.24) is 10.6 Å². The summed E-state index contributed by atoms with van der Waals surface area (Å²) in [6, 6.07) is 0. The number of carbonyl (C=O) groups is 1. The summed E-state index contributed by atoms with van der Waals surface area (Å²) in [5, 5.41) is 6.91. The molecule has 0 aliphatic carbocycles. The summed E-state index contributed by atoms with van der Waals surface area (Å²) in [5.74, 6) is 1.55. The first-order valence-corrected chi connectivity index (χ1v) is 22.6. The van der Waals surface area contributed by atoms with E-state index in [0.29, 0.717) is 6.42 Å². The Balaban J connectivity index is 0.00000381. The van der Waals surface area contributed by atoms with Gasteiger partial charge in [0.1, 0.15) is 6.54 Å². The first kappa shape index (κ1) is 49.3. The maximum atomic E-state index is 12.6. The Hall–Kier alpha value is -1.71. The summed E-state index contributed by atoms with van der Waals surface area (Å²) in [6.45, 7) is 8.57. The molecule has 1 aliphatic heterocycles. The van der Waals surface area contributed by atoms with Crippen molar-refractivity contribution in [2.45, 2.75) is 213 Å². The van der Waals surface area contributed by atoms with Crippen LogP contribution in [0.2, 0.25) is 0 Å². The fraction of sp³-hybridized carbons (Fsp3) is 0.857. The Morgan fingerprint density at radius 3 is 1.45 bits per heavy atom. The predicted octanol–water partition coefficient (Wildman–Crippen LogP) is 11.0. The van der Waals surface area contributed by atoms with E-state index in [9.17, 15) is 17.8 Å². The molecule has 0 aromatic carbocycles. The number of amides is 1. The summed E-state index contributed by atoms with van der Waals surface area (Å²) in [4.78, 5) is 12.6. The molecule has 1 atom stereocenters. The number of likely N-dealkylation sites (N-methyl/N-ethyl adjacent to an activating group) is 1. The molecule has 0 radical (unpaired) electrons. The number of allylic oxidation sites excluding steroid dienone is 4. The normalized spacial score (nSPS) is 14.7. The van der Waals surface area contributed by atoms with Gasteiger partial charge >= 0.3 is 0 Å². The summed E-state index contributed by atoms with van der Waals surface area (Å²) < 4.78 is 33.4. The molecule has 9 heteroatoms. The van der Waals surface area contributed by atoms with E-state index in [2.05, 4.69) is 64.5 Å². The lowest BCUT2D eigenvalue weighted by Crippen LogP contribution is -2.43. The van der Waals surface area contributed by atoms with Crippen molar-refractivity contribution in [3.8, 4) is 0 Å². The lowest BCUT2D eigenvalue weighted by Gasteiger charge is -2.13. The van der Waals surface area contributed by atoms with Gasteiger partial charge in [0.25, 0.3) is 0 Å². The van der Waals surface area contributed by atoms with Gasteiger partial charge in [-0.15, -0.1) is 0 Å². The van der Waals surface area contributed by atoms with Crippen LogP contribution in [0.1, 0.15) is 207 Å². The molecule has 1 rings (SSSR count). The molecule has 0 aromatic heterocycles. The molecule has 51 heavy (non-hydrogen) atoms. The molecule has 1 amide bonds. The van der Waals surface area contributed by atoms with Gasteiger partial charge in [0.2, 0.25) is 28.3 Å². The van der Waals surface area contributed by atoms with Crippen LogP contribution >= 0.6 is 0 Å². The molecule has 1 unspecified atom stereocenters. The molecular weight excluding hydrogens is 659 g/mol. The van der Waals surface area contributed by atoms with Crippen LogP contribution in [0.25, 0.3) is 0 Å². The number of nitrogens with one attached hydrogen (secondary N) is 2. The number of unbranched alkanes of at least 4 members (excludes halogenated alkanes) is 23. The maximum absolute atomic E-state index is 12.6. The standard InChI is InChI=1S/C41H77N3O.CH4O4S/c1-4-7-9-11-13-15-17-19-21-23-24-26-28-30-32-34-36-39-42-38-40(44(39)6-3)43-41(45)37-35-33-31-29-27-25-22-20-18-16-14-12-10-8-5-2;1-5-6(2,3)4/h19-22,40H,4-18,23-38H2,1-3H3,(H,43,45);1H3,(H,2,3,4)/b21-19-,22-20-;. The zero-order valence-corrected chi connectivity index (χ0v) is 34.5. The number of nitrogens with zero attached hydrogens (tertiary/aromatic N) is 1. The fourth-order valence-electron chi connectivity index (χ4n) is 6.54. The van der Waals surface area contributed by atoms with E-state index in [4.69, 9.17) is 0 Å². The Bertz CT molecular complexity index is 996. The van der Waals surface area contributed by atoms with Crippen molar-refractivity contribution in [3.05, 3.63) is 24.3 Å². The number of amidine groups is 1. The summed E-state index contributed by atoms with van der Waals surface area (Å²) in [7, 11) is -3.60. The van der Waals surface area contributed by atoms with Crippen LogP contribution in [0.3, 0.4) is 0 Å². The lowest BCUT2D eigenvalue weighted by atomic mass is 10.1. The minimum Gasteiger partial charge on any atom is -0.726 e. The highest BCUT2D eigenvalue weighted by Crippen LogP contribution is 2.13. The van der Waals surface area contributed by atoms with Gasteiger partial charge in [0.15, 0.2) is 0 Å². The van der Waals surface area contributed by atoms with Crippen molar-refractivity contribution in [2.24, 2.45) is 0 Å². The van der Waals surface area contributed by atoms with Gasteiger partial charge in [0.05, 0.1) is 13.7 Å². The molecule has 0 bridgehead atoms. The van der Waals surface area contributed by atoms with E-state index in [1.165, 1.54) is 173 Å². The van der Waals surface area contributed by atoms with Crippen molar-refractivity contribution in [2.75, 3.05) is 20.2 Å². The summed E-state index contributed by atoms with van der Waals surface area (Å²) in [5.41, 5.74) is 0. The largest absolute Gasteiger partial charge is 0.726 e. The zero-order valence-electron chi connectivity index (χ0n) is 33.7.